The zero-order chi connectivity index (χ0) is 17.9. The average molecular weight is 351 g/mol. The number of piperazine rings is 1. The van der Waals surface area contributed by atoms with Gasteiger partial charge in [0.1, 0.15) is 11.4 Å². The third-order valence-corrected chi connectivity index (χ3v) is 4.83. The summed E-state index contributed by atoms with van der Waals surface area (Å²) in [6.07, 6.45) is 0.270. The van der Waals surface area contributed by atoms with Crippen molar-refractivity contribution in [3.63, 3.8) is 0 Å². The van der Waals surface area contributed by atoms with Crippen LogP contribution in [0, 0.1) is 0 Å². The summed E-state index contributed by atoms with van der Waals surface area (Å²) in [6, 6.07) is 15.6. The van der Waals surface area contributed by atoms with E-state index in [1.165, 1.54) is 0 Å². The van der Waals surface area contributed by atoms with Gasteiger partial charge in [-0.1, -0.05) is 29.4 Å². The number of ether oxygens (including phenoxy) is 1. The minimum absolute atomic E-state index is 0.0868. The van der Waals surface area contributed by atoms with E-state index in [9.17, 15) is 4.79 Å². The highest BCUT2D eigenvalue weighted by Gasteiger charge is 2.24. The maximum absolute atomic E-state index is 12.7. The van der Waals surface area contributed by atoms with Crippen LogP contribution < -0.4 is 9.64 Å². The molecule has 0 atom stereocenters. The highest BCUT2D eigenvalue weighted by atomic mass is 16.5. The summed E-state index contributed by atoms with van der Waals surface area (Å²) >= 11 is 0. The zero-order valence-electron chi connectivity index (χ0n) is 14.7. The quantitative estimate of drug-likeness (QED) is 0.723. The second-order valence-corrected chi connectivity index (χ2v) is 6.34. The van der Waals surface area contributed by atoms with Gasteiger partial charge < -0.3 is 19.1 Å². The van der Waals surface area contributed by atoms with Crippen molar-refractivity contribution in [2.75, 3.05) is 38.2 Å². The molecular weight excluding hydrogens is 330 g/mol. The number of anilines is 1. The number of rotatable bonds is 4. The van der Waals surface area contributed by atoms with Gasteiger partial charge in [-0.05, 0) is 24.3 Å². The number of amides is 1. The third-order valence-electron chi connectivity index (χ3n) is 4.83. The van der Waals surface area contributed by atoms with Crippen LogP contribution in [0.4, 0.5) is 5.69 Å². The van der Waals surface area contributed by atoms with E-state index in [-0.39, 0.29) is 12.3 Å². The van der Waals surface area contributed by atoms with Crippen LogP contribution in [0.25, 0.3) is 11.0 Å². The first-order valence-corrected chi connectivity index (χ1v) is 8.75. The van der Waals surface area contributed by atoms with Gasteiger partial charge in [0.05, 0.1) is 19.2 Å². The van der Waals surface area contributed by atoms with Crippen LogP contribution in [0.1, 0.15) is 5.69 Å². The van der Waals surface area contributed by atoms with Crippen molar-refractivity contribution in [2.45, 2.75) is 6.42 Å². The molecule has 6 heteroatoms. The molecule has 2 heterocycles. The van der Waals surface area contributed by atoms with Gasteiger partial charge in [0.2, 0.25) is 5.91 Å². The second-order valence-electron chi connectivity index (χ2n) is 6.34. The normalized spacial score (nSPS) is 14.7. The number of methoxy groups -OCH3 is 1. The Kier molecular flexibility index (Phi) is 4.48. The van der Waals surface area contributed by atoms with Crippen molar-refractivity contribution in [2.24, 2.45) is 0 Å². The lowest BCUT2D eigenvalue weighted by atomic mass is 10.1. The van der Waals surface area contributed by atoms with Crippen LogP contribution in [-0.4, -0.2) is 49.3 Å². The minimum Gasteiger partial charge on any atom is -0.495 e. The van der Waals surface area contributed by atoms with Crippen LogP contribution in [0.5, 0.6) is 5.75 Å². The molecule has 0 saturated carbocycles. The Balaban J connectivity index is 1.41. The van der Waals surface area contributed by atoms with Crippen molar-refractivity contribution < 1.29 is 14.1 Å². The van der Waals surface area contributed by atoms with E-state index in [0.717, 1.165) is 35.5 Å². The molecule has 1 fully saturated rings. The van der Waals surface area contributed by atoms with Gasteiger partial charge >= 0.3 is 0 Å². The van der Waals surface area contributed by atoms with Crippen molar-refractivity contribution >= 4 is 22.6 Å². The molecule has 1 aromatic heterocycles. The van der Waals surface area contributed by atoms with E-state index in [1.807, 2.05) is 47.4 Å². The number of fused-ring (bicyclic) bond motifs is 1. The number of carbonyl (C=O) groups excluding carboxylic acids is 1. The summed E-state index contributed by atoms with van der Waals surface area (Å²) in [5.74, 6) is 0.949. The molecule has 3 aromatic rings. The van der Waals surface area contributed by atoms with E-state index in [2.05, 4.69) is 16.1 Å². The van der Waals surface area contributed by atoms with Gasteiger partial charge in [-0.15, -0.1) is 0 Å². The summed E-state index contributed by atoms with van der Waals surface area (Å²) in [6.45, 7) is 2.94. The van der Waals surface area contributed by atoms with Gasteiger partial charge in [-0.2, -0.15) is 0 Å². The monoisotopic (exact) mass is 351 g/mol. The zero-order valence-corrected chi connectivity index (χ0v) is 14.7. The summed E-state index contributed by atoms with van der Waals surface area (Å²) in [5.41, 5.74) is 2.50. The first-order chi connectivity index (χ1) is 12.8. The number of para-hydroxylation sites is 3. The maximum Gasteiger partial charge on any atom is 0.228 e. The molecule has 1 saturated heterocycles. The average Bonchev–Trinajstić information content (AvgIpc) is 3.11. The molecule has 26 heavy (non-hydrogen) atoms. The number of benzene rings is 2. The van der Waals surface area contributed by atoms with Crippen molar-refractivity contribution in [1.82, 2.24) is 10.1 Å². The topological polar surface area (TPSA) is 58.8 Å². The van der Waals surface area contributed by atoms with E-state index in [4.69, 9.17) is 9.26 Å². The SMILES string of the molecule is COc1ccccc1N1CCN(C(=O)Cc2noc3ccccc23)CC1. The number of carbonyl (C=O) groups is 1. The molecule has 0 spiro atoms. The fraction of sp³-hybridized carbons (Fsp3) is 0.300. The van der Waals surface area contributed by atoms with Crippen molar-refractivity contribution in [3.05, 3.63) is 54.2 Å². The summed E-state index contributed by atoms with van der Waals surface area (Å²) in [4.78, 5) is 16.8. The van der Waals surface area contributed by atoms with Crippen LogP contribution in [0.3, 0.4) is 0 Å². The summed E-state index contributed by atoms with van der Waals surface area (Å²) in [7, 11) is 1.68. The van der Waals surface area contributed by atoms with Gasteiger partial charge in [0.25, 0.3) is 0 Å². The first kappa shape index (κ1) is 16.4. The van der Waals surface area contributed by atoms with E-state index < -0.39 is 0 Å². The molecule has 6 nitrogen and oxygen atoms in total. The lowest BCUT2D eigenvalue weighted by Crippen LogP contribution is -2.49. The van der Waals surface area contributed by atoms with Gasteiger partial charge in [0, 0.05) is 31.6 Å². The Morgan fingerprint density at radius 1 is 1.08 bits per heavy atom. The Bertz CT molecular complexity index is 913. The molecule has 0 radical (unpaired) electrons. The minimum atomic E-state index is 0.0868. The fourth-order valence-electron chi connectivity index (χ4n) is 3.41. The van der Waals surface area contributed by atoms with Crippen LogP contribution in [0.15, 0.2) is 53.1 Å². The fourth-order valence-corrected chi connectivity index (χ4v) is 3.41. The highest BCUT2D eigenvalue weighted by Crippen LogP contribution is 2.28. The van der Waals surface area contributed by atoms with Crippen LogP contribution in [-0.2, 0) is 11.2 Å². The summed E-state index contributed by atoms with van der Waals surface area (Å²) < 4.78 is 10.7. The lowest BCUT2D eigenvalue weighted by molar-refractivity contribution is -0.130. The molecule has 1 aliphatic heterocycles. The first-order valence-electron chi connectivity index (χ1n) is 8.75. The Hall–Kier alpha value is -3.02. The largest absolute Gasteiger partial charge is 0.495 e. The van der Waals surface area contributed by atoms with Gasteiger partial charge in [-0.25, -0.2) is 0 Å². The predicted molar refractivity (Wildman–Crippen MR) is 99.5 cm³/mol. The summed E-state index contributed by atoms with van der Waals surface area (Å²) in [5, 5.41) is 4.98. The smallest absolute Gasteiger partial charge is 0.228 e. The Labute approximate surface area is 151 Å². The number of aromatic nitrogens is 1. The predicted octanol–water partition coefficient (Wildman–Crippen LogP) is 2.73. The number of hydrogen-bond acceptors (Lipinski definition) is 5. The molecule has 4 rings (SSSR count). The molecule has 1 aliphatic rings. The van der Waals surface area contributed by atoms with Crippen molar-refractivity contribution in [1.29, 1.82) is 0 Å². The molecule has 0 bridgehead atoms. The molecular formula is C20H21N3O3. The van der Waals surface area contributed by atoms with Gasteiger partial charge in [0.15, 0.2) is 5.58 Å². The van der Waals surface area contributed by atoms with Crippen molar-refractivity contribution in [3.8, 4) is 5.75 Å². The molecule has 134 valence electrons. The van der Waals surface area contributed by atoms with E-state index in [1.54, 1.807) is 7.11 Å². The second kappa shape index (κ2) is 7.07. The standard InChI is InChI=1S/C20H21N3O3/c1-25-19-9-5-3-7-17(19)22-10-12-23(13-11-22)20(24)14-16-15-6-2-4-8-18(15)26-21-16/h2-9H,10-14H2,1H3. The molecule has 0 aliphatic carbocycles. The highest BCUT2D eigenvalue weighted by molar-refractivity contribution is 5.86. The molecule has 0 unspecified atom stereocenters. The Morgan fingerprint density at radius 2 is 1.81 bits per heavy atom. The maximum atomic E-state index is 12.7. The number of nitrogens with zero attached hydrogens (tertiary/aromatic N) is 3. The number of hydrogen-bond donors (Lipinski definition) is 0. The van der Waals surface area contributed by atoms with Crippen LogP contribution >= 0.6 is 0 Å². The van der Waals surface area contributed by atoms with E-state index >= 15 is 0 Å². The third kappa shape index (κ3) is 3.10. The molecule has 0 N–H and O–H groups in total. The molecule has 2 aromatic carbocycles. The lowest BCUT2D eigenvalue weighted by Gasteiger charge is -2.36. The Morgan fingerprint density at radius 3 is 2.62 bits per heavy atom. The molecule has 1 amide bonds. The van der Waals surface area contributed by atoms with Gasteiger partial charge in [-0.3, -0.25) is 4.79 Å². The van der Waals surface area contributed by atoms with E-state index in [0.29, 0.717) is 18.8 Å². The van der Waals surface area contributed by atoms with Crippen LogP contribution in [0.2, 0.25) is 0 Å².